The Balaban J connectivity index is 2.16. The van der Waals surface area contributed by atoms with E-state index in [2.05, 4.69) is 46.4 Å². The second-order valence-electron chi connectivity index (χ2n) is 8.50. The van der Waals surface area contributed by atoms with Gasteiger partial charge in [0, 0.05) is 25.2 Å². The maximum atomic E-state index is 6.58. The minimum absolute atomic E-state index is 0.0803. The maximum absolute atomic E-state index is 6.58. The Morgan fingerprint density at radius 3 is 2.05 bits per heavy atom. The highest BCUT2D eigenvalue weighted by Gasteiger charge is 2.45. The van der Waals surface area contributed by atoms with Crippen LogP contribution in [0, 0.1) is 5.41 Å². The molecule has 0 spiro atoms. The summed E-state index contributed by atoms with van der Waals surface area (Å²) in [5, 5.41) is 0. The molecule has 0 amide bonds. The van der Waals surface area contributed by atoms with Crippen LogP contribution in [0.15, 0.2) is 0 Å². The quantitative estimate of drug-likeness (QED) is 0.795. The van der Waals surface area contributed by atoms with Gasteiger partial charge in [-0.3, -0.25) is 4.90 Å². The maximum Gasteiger partial charge on any atom is 0.0760 e. The average Bonchev–Trinajstić information content (AvgIpc) is 2.17. The zero-order chi connectivity index (χ0) is 14.5. The number of nitrogens with zero attached hydrogens (tertiary/aromatic N) is 1. The molecule has 3 heteroatoms. The molecule has 0 bridgehead atoms. The fourth-order valence-electron chi connectivity index (χ4n) is 4.12. The fourth-order valence-corrected chi connectivity index (χ4v) is 4.12. The highest BCUT2D eigenvalue weighted by Crippen LogP contribution is 2.39. The molecule has 3 nitrogen and oxygen atoms in total. The number of morpholine rings is 1. The van der Waals surface area contributed by atoms with Crippen LogP contribution in [0.2, 0.25) is 0 Å². The fraction of sp³-hybridized carbons (Fsp3) is 1.00. The van der Waals surface area contributed by atoms with Crippen LogP contribution in [0.3, 0.4) is 0 Å². The van der Waals surface area contributed by atoms with E-state index >= 15 is 0 Å². The smallest absolute Gasteiger partial charge is 0.0760 e. The second kappa shape index (κ2) is 4.71. The Hall–Kier alpha value is -0.120. The zero-order valence-electron chi connectivity index (χ0n) is 13.6. The van der Waals surface area contributed by atoms with Gasteiger partial charge in [0.15, 0.2) is 0 Å². The van der Waals surface area contributed by atoms with Crippen LogP contribution in [0.25, 0.3) is 0 Å². The lowest BCUT2D eigenvalue weighted by Gasteiger charge is -2.54. The Bertz CT molecular complexity index is 320. The summed E-state index contributed by atoms with van der Waals surface area (Å²) in [5.74, 6) is 0. The number of nitrogens with two attached hydrogens (primary N) is 1. The van der Waals surface area contributed by atoms with E-state index in [9.17, 15) is 0 Å². The molecule has 1 aliphatic heterocycles. The van der Waals surface area contributed by atoms with E-state index in [1.165, 1.54) is 19.3 Å². The average molecular weight is 268 g/mol. The molecule has 2 fully saturated rings. The standard InChI is InChI=1S/C16H32N2O/c1-14(2)9-7-8-12(13(14)17)18-10-15(3,4)19-16(5,6)11-18/h12-13H,7-11,17H2,1-6H3. The first kappa shape index (κ1) is 15.3. The summed E-state index contributed by atoms with van der Waals surface area (Å²) < 4.78 is 6.19. The van der Waals surface area contributed by atoms with Crippen molar-refractivity contribution >= 4 is 0 Å². The van der Waals surface area contributed by atoms with Crippen LogP contribution in [0.1, 0.15) is 60.8 Å². The normalized spacial score (nSPS) is 38.1. The van der Waals surface area contributed by atoms with Gasteiger partial charge in [0.2, 0.25) is 0 Å². The molecule has 112 valence electrons. The third-order valence-electron chi connectivity index (χ3n) is 4.83. The lowest BCUT2D eigenvalue weighted by molar-refractivity contribution is -0.192. The molecular formula is C16H32N2O. The van der Waals surface area contributed by atoms with E-state index in [1.807, 2.05) is 0 Å². The van der Waals surface area contributed by atoms with Crippen LogP contribution in [-0.4, -0.2) is 41.3 Å². The monoisotopic (exact) mass is 268 g/mol. The van der Waals surface area contributed by atoms with Gasteiger partial charge in [-0.1, -0.05) is 20.3 Å². The van der Waals surface area contributed by atoms with Gasteiger partial charge < -0.3 is 10.5 Å². The molecule has 19 heavy (non-hydrogen) atoms. The van der Waals surface area contributed by atoms with Crippen LogP contribution >= 0.6 is 0 Å². The van der Waals surface area contributed by atoms with Gasteiger partial charge in [0.05, 0.1) is 11.2 Å². The number of hydrogen-bond acceptors (Lipinski definition) is 3. The first-order chi connectivity index (χ1) is 8.53. The van der Waals surface area contributed by atoms with Gasteiger partial charge in [0.1, 0.15) is 0 Å². The van der Waals surface area contributed by atoms with Gasteiger partial charge in [-0.15, -0.1) is 0 Å². The van der Waals surface area contributed by atoms with Gasteiger partial charge in [0.25, 0.3) is 0 Å². The van der Waals surface area contributed by atoms with Crippen molar-refractivity contribution in [3.8, 4) is 0 Å². The van der Waals surface area contributed by atoms with Crippen molar-refractivity contribution in [1.82, 2.24) is 4.90 Å². The minimum atomic E-state index is -0.0803. The molecule has 0 aromatic carbocycles. The van der Waals surface area contributed by atoms with E-state index in [-0.39, 0.29) is 22.7 Å². The summed E-state index contributed by atoms with van der Waals surface area (Å²) in [6.07, 6.45) is 3.78. The Morgan fingerprint density at radius 2 is 1.53 bits per heavy atom. The van der Waals surface area contributed by atoms with Crippen molar-refractivity contribution < 1.29 is 4.74 Å². The third kappa shape index (κ3) is 3.32. The van der Waals surface area contributed by atoms with Crippen molar-refractivity contribution in [3.05, 3.63) is 0 Å². The molecule has 1 heterocycles. The van der Waals surface area contributed by atoms with Crippen molar-refractivity contribution in [3.63, 3.8) is 0 Å². The molecule has 0 aromatic heterocycles. The highest BCUT2D eigenvalue weighted by molar-refractivity contribution is 5.00. The molecule has 1 saturated heterocycles. The summed E-state index contributed by atoms with van der Waals surface area (Å²) in [6, 6.07) is 0.775. The third-order valence-corrected chi connectivity index (χ3v) is 4.83. The molecule has 2 aliphatic rings. The lowest BCUT2D eigenvalue weighted by atomic mass is 9.70. The number of hydrogen-bond donors (Lipinski definition) is 1. The van der Waals surface area contributed by atoms with Gasteiger partial charge in [-0.05, 0) is 46.0 Å². The summed E-state index contributed by atoms with van der Waals surface area (Å²) in [6.45, 7) is 15.4. The van der Waals surface area contributed by atoms with E-state index in [0.717, 1.165) is 13.1 Å². The predicted molar refractivity (Wildman–Crippen MR) is 80.2 cm³/mol. The van der Waals surface area contributed by atoms with Crippen LogP contribution < -0.4 is 5.73 Å². The topological polar surface area (TPSA) is 38.5 Å². The SMILES string of the molecule is CC1(C)CN(C2CCCC(C)(C)C2N)CC(C)(C)O1. The molecule has 0 aromatic rings. The highest BCUT2D eigenvalue weighted by atomic mass is 16.5. The first-order valence-electron chi connectivity index (χ1n) is 7.72. The van der Waals surface area contributed by atoms with E-state index in [0.29, 0.717) is 6.04 Å². The molecule has 2 N–H and O–H groups in total. The Morgan fingerprint density at radius 1 is 1.00 bits per heavy atom. The molecular weight excluding hydrogens is 236 g/mol. The van der Waals surface area contributed by atoms with Crippen LogP contribution in [-0.2, 0) is 4.74 Å². The largest absolute Gasteiger partial charge is 0.367 e. The predicted octanol–water partition coefficient (Wildman–Crippen LogP) is 2.78. The number of ether oxygens (including phenoxy) is 1. The van der Waals surface area contributed by atoms with Gasteiger partial charge in [-0.2, -0.15) is 0 Å². The molecule has 2 atom stereocenters. The van der Waals surface area contributed by atoms with Crippen LogP contribution in [0.4, 0.5) is 0 Å². The summed E-state index contributed by atoms with van der Waals surface area (Å²) in [7, 11) is 0. The van der Waals surface area contributed by atoms with E-state index in [1.54, 1.807) is 0 Å². The minimum Gasteiger partial charge on any atom is -0.367 e. The number of rotatable bonds is 1. The summed E-state index contributed by atoms with van der Waals surface area (Å²) in [5.41, 5.74) is 6.68. The first-order valence-corrected chi connectivity index (χ1v) is 7.72. The van der Waals surface area contributed by atoms with Gasteiger partial charge in [-0.25, -0.2) is 0 Å². The van der Waals surface area contributed by atoms with Gasteiger partial charge >= 0.3 is 0 Å². The molecule has 0 radical (unpaired) electrons. The second-order valence-corrected chi connectivity index (χ2v) is 8.50. The zero-order valence-corrected chi connectivity index (χ0v) is 13.6. The van der Waals surface area contributed by atoms with Crippen molar-refractivity contribution in [2.24, 2.45) is 11.1 Å². The Labute approximate surface area is 118 Å². The Kier molecular flexibility index (Phi) is 3.79. The summed E-state index contributed by atoms with van der Waals surface area (Å²) in [4.78, 5) is 2.59. The molecule has 1 saturated carbocycles. The molecule has 1 aliphatic carbocycles. The lowest BCUT2D eigenvalue weighted by Crippen LogP contribution is -2.65. The van der Waals surface area contributed by atoms with Crippen molar-refractivity contribution in [1.29, 1.82) is 0 Å². The van der Waals surface area contributed by atoms with Crippen LogP contribution in [0.5, 0.6) is 0 Å². The van der Waals surface area contributed by atoms with E-state index in [4.69, 9.17) is 10.5 Å². The van der Waals surface area contributed by atoms with E-state index < -0.39 is 0 Å². The molecule has 2 rings (SSSR count). The summed E-state index contributed by atoms with van der Waals surface area (Å²) >= 11 is 0. The molecule has 2 unspecified atom stereocenters. The van der Waals surface area contributed by atoms with Crippen molar-refractivity contribution in [2.75, 3.05) is 13.1 Å². The van der Waals surface area contributed by atoms with Crippen molar-refractivity contribution in [2.45, 2.75) is 84.1 Å².